The van der Waals surface area contributed by atoms with Crippen molar-refractivity contribution in [3.8, 4) is 0 Å². The molecule has 2 aromatic heterocycles. The first-order valence-electron chi connectivity index (χ1n) is 6.32. The van der Waals surface area contributed by atoms with Crippen molar-refractivity contribution >= 4 is 11.3 Å². The molecule has 0 saturated carbocycles. The van der Waals surface area contributed by atoms with E-state index in [-0.39, 0.29) is 0 Å². The summed E-state index contributed by atoms with van der Waals surface area (Å²) in [5.41, 5.74) is 6.72. The number of aryl methyl sites for hydroxylation is 1. The molecular formula is C13H20N4. The van der Waals surface area contributed by atoms with Crippen LogP contribution >= 0.6 is 0 Å². The lowest BCUT2D eigenvalue weighted by molar-refractivity contribution is 0.451. The Labute approximate surface area is 102 Å². The number of nitrogen functional groups attached to an aromatic ring is 1. The highest BCUT2D eigenvalue weighted by Crippen LogP contribution is 2.18. The number of nitrogens with zero attached hydrogens (tertiary/aromatic N) is 3. The van der Waals surface area contributed by atoms with Crippen LogP contribution in [-0.4, -0.2) is 14.4 Å². The van der Waals surface area contributed by atoms with Crippen LogP contribution in [0.25, 0.3) is 5.52 Å². The van der Waals surface area contributed by atoms with Gasteiger partial charge >= 0.3 is 0 Å². The summed E-state index contributed by atoms with van der Waals surface area (Å²) in [6.07, 6.45) is 10.1. The Morgan fingerprint density at radius 3 is 2.76 bits per heavy atom. The molecule has 0 fully saturated rings. The summed E-state index contributed by atoms with van der Waals surface area (Å²) in [4.78, 5) is 8.50. The maximum Gasteiger partial charge on any atom is 0.149 e. The molecule has 2 N–H and O–H groups in total. The smallest absolute Gasteiger partial charge is 0.149 e. The van der Waals surface area contributed by atoms with Crippen LogP contribution in [0.1, 0.15) is 38.9 Å². The minimum absolute atomic E-state index is 0.550. The van der Waals surface area contributed by atoms with Crippen molar-refractivity contribution in [3.63, 3.8) is 0 Å². The summed E-state index contributed by atoms with van der Waals surface area (Å²) in [6, 6.07) is 0. The Morgan fingerprint density at radius 2 is 2.06 bits per heavy atom. The lowest BCUT2D eigenvalue weighted by atomic mass is 9.97. The van der Waals surface area contributed by atoms with Crippen LogP contribution in [0.3, 0.4) is 0 Å². The third-order valence-electron chi connectivity index (χ3n) is 3.50. The molecule has 0 aliphatic carbocycles. The monoisotopic (exact) mass is 232 g/mol. The van der Waals surface area contributed by atoms with Crippen LogP contribution in [0.4, 0.5) is 5.82 Å². The fourth-order valence-corrected chi connectivity index (χ4v) is 2.22. The zero-order valence-corrected chi connectivity index (χ0v) is 10.6. The van der Waals surface area contributed by atoms with Gasteiger partial charge in [-0.25, -0.2) is 9.97 Å². The maximum absolute atomic E-state index is 5.81. The van der Waals surface area contributed by atoms with Crippen LogP contribution in [0.5, 0.6) is 0 Å². The summed E-state index contributed by atoms with van der Waals surface area (Å²) in [6.45, 7) is 4.50. The molecule has 0 aliphatic heterocycles. The fourth-order valence-electron chi connectivity index (χ4n) is 2.22. The van der Waals surface area contributed by atoms with E-state index in [2.05, 4.69) is 23.8 Å². The van der Waals surface area contributed by atoms with Crippen molar-refractivity contribution in [1.29, 1.82) is 0 Å². The van der Waals surface area contributed by atoms with Gasteiger partial charge in [0.15, 0.2) is 0 Å². The van der Waals surface area contributed by atoms with Crippen LogP contribution in [0, 0.1) is 5.92 Å². The molecule has 2 rings (SSSR count). The highest BCUT2D eigenvalue weighted by molar-refractivity contribution is 5.64. The van der Waals surface area contributed by atoms with Crippen LogP contribution in [0.2, 0.25) is 0 Å². The van der Waals surface area contributed by atoms with E-state index < -0.39 is 0 Å². The topological polar surface area (TPSA) is 56.2 Å². The van der Waals surface area contributed by atoms with Crippen LogP contribution < -0.4 is 5.73 Å². The molecule has 0 radical (unpaired) electrons. The highest BCUT2D eigenvalue weighted by atomic mass is 15.0. The molecule has 2 aromatic rings. The largest absolute Gasteiger partial charge is 0.382 e. The number of hydrogen-bond acceptors (Lipinski definition) is 3. The molecule has 0 spiro atoms. The standard InChI is InChI=1S/C13H20N4/c1-3-10(4-2)5-6-12-16-9-11-13(14)15-7-8-17(11)12/h7-10H,3-6H2,1-2H3,(H2,14,15). The molecule has 0 bridgehead atoms. The molecule has 0 amide bonds. The minimum atomic E-state index is 0.550. The summed E-state index contributed by atoms with van der Waals surface area (Å²) < 4.78 is 2.05. The van der Waals surface area contributed by atoms with E-state index in [0.717, 1.165) is 23.7 Å². The van der Waals surface area contributed by atoms with Gasteiger partial charge in [0.05, 0.1) is 6.20 Å². The third-order valence-corrected chi connectivity index (χ3v) is 3.50. The number of nitrogens with two attached hydrogens (primary N) is 1. The van der Waals surface area contributed by atoms with Crippen molar-refractivity contribution in [2.75, 3.05) is 5.73 Å². The van der Waals surface area contributed by atoms with E-state index in [0.29, 0.717) is 5.82 Å². The summed E-state index contributed by atoms with van der Waals surface area (Å²) in [7, 11) is 0. The lowest BCUT2D eigenvalue weighted by Gasteiger charge is -2.11. The van der Waals surface area contributed by atoms with Gasteiger partial charge < -0.3 is 5.73 Å². The van der Waals surface area contributed by atoms with Crippen LogP contribution in [0.15, 0.2) is 18.6 Å². The molecule has 0 aromatic carbocycles. The van der Waals surface area contributed by atoms with Gasteiger partial charge in [-0.3, -0.25) is 4.40 Å². The summed E-state index contributed by atoms with van der Waals surface area (Å²) >= 11 is 0. The predicted molar refractivity (Wildman–Crippen MR) is 69.8 cm³/mol. The molecule has 0 atom stereocenters. The fraction of sp³-hybridized carbons (Fsp3) is 0.538. The van der Waals surface area contributed by atoms with E-state index in [4.69, 9.17) is 5.73 Å². The van der Waals surface area contributed by atoms with E-state index in [1.807, 2.05) is 16.8 Å². The number of anilines is 1. The molecule has 2 heterocycles. The Balaban J connectivity index is 2.17. The van der Waals surface area contributed by atoms with Gasteiger partial charge in [-0.15, -0.1) is 0 Å². The van der Waals surface area contributed by atoms with Gasteiger partial charge in [-0.1, -0.05) is 26.7 Å². The number of aromatic nitrogens is 3. The summed E-state index contributed by atoms with van der Waals surface area (Å²) in [5, 5.41) is 0. The second-order valence-corrected chi connectivity index (χ2v) is 4.46. The molecule has 4 heteroatoms. The van der Waals surface area contributed by atoms with E-state index in [1.54, 1.807) is 6.20 Å². The van der Waals surface area contributed by atoms with E-state index in [1.165, 1.54) is 19.3 Å². The predicted octanol–water partition coefficient (Wildman–Crippen LogP) is 2.68. The van der Waals surface area contributed by atoms with Crippen molar-refractivity contribution in [3.05, 3.63) is 24.4 Å². The second-order valence-electron chi connectivity index (χ2n) is 4.46. The Bertz CT molecular complexity index is 485. The number of rotatable bonds is 5. The van der Waals surface area contributed by atoms with E-state index >= 15 is 0 Å². The minimum Gasteiger partial charge on any atom is -0.382 e. The van der Waals surface area contributed by atoms with Gasteiger partial charge in [0, 0.05) is 18.8 Å². The van der Waals surface area contributed by atoms with E-state index in [9.17, 15) is 0 Å². The average Bonchev–Trinajstić information content (AvgIpc) is 2.75. The molecule has 17 heavy (non-hydrogen) atoms. The second kappa shape index (κ2) is 5.17. The first-order valence-corrected chi connectivity index (χ1v) is 6.32. The Morgan fingerprint density at radius 1 is 1.29 bits per heavy atom. The quantitative estimate of drug-likeness (QED) is 0.862. The number of fused-ring (bicyclic) bond motifs is 1. The Hall–Kier alpha value is -1.58. The first kappa shape index (κ1) is 11.9. The maximum atomic E-state index is 5.81. The van der Waals surface area contributed by atoms with Crippen molar-refractivity contribution in [2.45, 2.75) is 39.5 Å². The van der Waals surface area contributed by atoms with Gasteiger partial charge in [-0.2, -0.15) is 0 Å². The van der Waals surface area contributed by atoms with Crippen molar-refractivity contribution in [2.24, 2.45) is 5.92 Å². The molecule has 0 aliphatic rings. The zero-order valence-electron chi connectivity index (χ0n) is 10.6. The number of hydrogen-bond donors (Lipinski definition) is 1. The van der Waals surface area contributed by atoms with Gasteiger partial charge in [0.25, 0.3) is 0 Å². The zero-order chi connectivity index (χ0) is 12.3. The summed E-state index contributed by atoms with van der Waals surface area (Å²) in [5.74, 6) is 2.43. The highest BCUT2D eigenvalue weighted by Gasteiger charge is 2.09. The molecule has 0 saturated heterocycles. The van der Waals surface area contributed by atoms with Crippen molar-refractivity contribution in [1.82, 2.24) is 14.4 Å². The number of imidazole rings is 1. The molecule has 0 unspecified atom stereocenters. The van der Waals surface area contributed by atoms with Gasteiger partial charge in [0.2, 0.25) is 0 Å². The lowest BCUT2D eigenvalue weighted by Crippen LogP contribution is -2.03. The molecule has 92 valence electrons. The average molecular weight is 232 g/mol. The Kier molecular flexibility index (Phi) is 3.61. The normalized spacial score (nSPS) is 11.5. The van der Waals surface area contributed by atoms with Gasteiger partial charge in [-0.05, 0) is 12.3 Å². The first-order chi connectivity index (χ1) is 8.26. The van der Waals surface area contributed by atoms with Crippen molar-refractivity contribution < 1.29 is 0 Å². The SMILES string of the molecule is CCC(CC)CCc1ncc2c(N)nccn12. The van der Waals surface area contributed by atoms with Crippen LogP contribution in [-0.2, 0) is 6.42 Å². The third kappa shape index (κ3) is 2.40. The molecular weight excluding hydrogens is 212 g/mol. The van der Waals surface area contributed by atoms with Gasteiger partial charge in [0.1, 0.15) is 17.2 Å². The molecule has 4 nitrogen and oxygen atoms in total.